The smallest absolute Gasteiger partial charge is 0.191 e. The third kappa shape index (κ3) is 2.79. The Morgan fingerprint density at radius 2 is 2.00 bits per heavy atom. The predicted octanol–water partition coefficient (Wildman–Crippen LogP) is 4.48. The summed E-state index contributed by atoms with van der Waals surface area (Å²) in [5, 5.41) is 10.8. The van der Waals surface area contributed by atoms with E-state index in [1.54, 1.807) is 24.0 Å². The van der Waals surface area contributed by atoms with Crippen molar-refractivity contribution in [1.29, 1.82) is 0 Å². The van der Waals surface area contributed by atoms with Crippen molar-refractivity contribution < 1.29 is 0 Å². The van der Waals surface area contributed by atoms with Crippen LogP contribution in [0.25, 0.3) is 0 Å². The van der Waals surface area contributed by atoms with E-state index < -0.39 is 0 Å². The molecule has 0 bridgehead atoms. The summed E-state index contributed by atoms with van der Waals surface area (Å²) in [6, 6.07) is 2.30. The maximum atomic E-state index is 6.19. The predicted molar refractivity (Wildman–Crippen MR) is 84.1 cm³/mol. The number of pyridine rings is 1. The third-order valence-electron chi connectivity index (χ3n) is 3.80. The standard InChI is InChI=1S/C14H14Cl2N4S/c15-10-5-6-17-11(12(10)16)7-21-14-19-18-13(8-1-2-8)20(14)9-3-4-9/h5-6,8-9H,1-4,7H2. The summed E-state index contributed by atoms with van der Waals surface area (Å²) in [6.07, 6.45) is 6.66. The summed E-state index contributed by atoms with van der Waals surface area (Å²) in [7, 11) is 0. The molecule has 0 radical (unpaired) electrons. The van der Waals surface area contributed by atoms with E-state index in [0.717, 1.165) is 10.9 Å². The SMILES string of the molecule is Clc1ccnc(CSc2nnc(C3CC3)n2C2CC2)c1Cl. The fourth-order valence-corrected chi connectivity index (χ4v) is 3.76. The number of halogens is 2. The molecule has 0 amide bonds. The van der Waals surface area contributed by atoms with Gasteiger partial charge in [-0.15, -0.1) is 10.2 Å². The minimum absolute atomic E-state index is 0.534. The average Bonchev–Trinajstić information content (AvgIpc) is 3.39. The second kappa shape index (κ2) is 5.45. The summed E-state index contributed by atoms with van der Waals surface area (Å²) >= 11 is 13.9. The van der Waals surface area contributed by atoms with Gasteiger partial charge in [-0.1, -0.05) is 35.0 Å². The van der Waals surface area contributed by atoms with Crippen LogP contribution < -0.4 is 0 Å². The summed E-state index contributed by atoms with van der Waals surface area (Å²) in [6.45, 7) is 0. The molecule has 4 rings (SSSR count). The molecule has 0 aliphatic heterocycles. The molecule has 2 aromatic rings. The van der Waals surface area contributed by atoms with Crippen molar-refractivity contribution in [2.24, 2.45) is 0 Å². The molecule has 21 heavy (non-hydrogen) atoms. The zero-order valence-electron chi connectivity index (χ0n) is 11.3. The normalized spacial score (nSPS) is 18.2. The number of rotatable bonds is 5. The van der Waals surface area contributed by atoms with Gasteiger partial charge in [0.25, 0.3) is 0 Å². The maximum Gasteiger partial charge on any atom is 0.191 e. The Morgan fingerprint density at radius 3 is 2.71 bits per heavy atom. The molecular weight excluding hydrogens is 327 g/mol. The van der Waals surface area contributed by atoms with E-state index in [0.29, 0.717) is 27.8 Å². The van der Waals surface area contributed by atoms with Crippen molar-refractivity contribution in [3.63, 3.8) is 0 Å². The van der Waals surface area contributed by atoms with E-state index >= 15 is 0 Å². The van der Waals surface area contributed by atoms with Gasteiger partial charge in [0.1, 0.15) is 5.82 Å². The van der Waals surface area contributed by atoms with E-state index in [1.807, 2.05) is 0 Å². The Balaban J connectivity index is 1.56. The van der Waals surface area contributed by atoms with Gasteiger partial charge in [-0.3, -0.25) is 4.98 Å². The molecular formula is C14H14Cl2N4S. The van der Waals surface area contributed by atoms with Gasteiger partial charge in [0.2, 0.25) is 0 Å². The van der Waals surface area contributed by atoms with Crippen molar-refractivity contribution in [3.8, 4) is 0 Å². The second-order valence-electron chi connectivity index (χ2n) is 5.56. The van der Waals surface area contributed by atoms with E-state index in [2.05, 4.69) is 19.7 Å². The largest absolute Gasteiger partial charge is 0.303 e. The van der Waals surface area contributed by atoms with Crippen LogP contribution in [0, 0.1) is 0 Å². The molecule has 110 valence electrons. The Hall–Kier alpha value is -0.780. The summed E-state index contributed by atoms with van der Waals surface area (Å²) in [5.74, 6) is 2.46. The molecule has 0 unspecified atom stereocenters. The highest BCUT2D eigenvalue weighted by atomic mass is 35.5. The molecule has 0 saturated heterocycles. The highest BCUT2D eigenvalue weighted by molar-refractivity contribution is 7.98. The van der Waals surface area contributed by atoms with Crippen LogP contribution in [0.2, 0.25) is 10.0 Å². The topological polar surface area (TPSA) is 43.6 Å². The van der Waals surface area contributed by atoms with Gasteiger partial charge in [-0.25, -0.2) is 0 Å². The summed E-state index contributed by atoms with van der Waals surface area (Å²) in [5.41, 5.74) is 0.799. The molecule has 2 aliphatic rings. The Morgan fingerprint density at radius 1 is 1.19 bits per heavy atom. The number of hydrogen-bond acceptors (Lipinski definition) is 4. The van der Waals surface area contributed by atoms with Crippen LogP contribution in [-0.2, 0) is 5.75 Å². The lowest BCUT2D eigenvalue weighted by atomic mass is 10.4. The molecule has 4 nitrogen and oxygen atoms in total. The third-order valence-corrected chi connectivity index (χ3v) is 5.59. The number of thioether (sulfide) groups is 1. The summed E-state index contributed by atoms with van der Waals surface area (Å²) < 4.78 is 2.33. The first kappa shape index (κ1) is 13.9. The van der Waals surface area contributed by atoms with E-state index in [4.69, 9.17) is 23.2 Å². The molecule has 0 atom stereocenters. The van der Waals surface area contributed by atoms with Crippen molar-refractivity contribution in [2.75, 3.05) is 0 Å². The van der Waals surface area contributed by atoms with Gasteiger partial charge >= 0.3 is 0 Å². The highest BCUT2D eigenvalue weighted by Gasteiger charge is 2.36. The minimum atomic E-state index is 0.534. The molecule has 0 N–H and O–H groups in total. The molecule has 2 aromatic heterocycles. The van der Waals surface area contributed by atoms with Gasteiger partial charge in [-0.05, 0) is 31.7 Å². The highest BCUT2D eigenvalue weighted by Crippen LogP contribution is 2.46. The molecule has 2 fully saturated rings. The van der Waals surface area contributed by atoms with Crippen LogP contribution in [0.5, 0.6) is 0 Å². The van der Waals surface area contributed by atoms with Crippen LogP contribution in [0.15, 0.2) is 17.4 Å². The lowest BCUT2D eigenvalue weighted by molar-refractivity contribution is 0.627. The molecule has 0 aromatic carbocycles. The van der Waals surface area contributed by atoms with Crippen LogP contribution >= 0.6 is 35.0 Å². The molecule has 2 saturated carbocycles. The van der Waals surface area contributed by atoms with Crippen molar-refractivity contribution >= 4 is 35.0 Å². The number of hydrogen-bond donors (Lipinski definition) is 0. The molecule has 0 spiro atoms. The van der Waals surface area contributed by atoms with Crippen molar-refractivity contribution in [1.82, 2.24) is 19.7 Å². The Labute approximate surface area is 137 Å². The van der Waals surface area contributed by atoms with Gasteiger partial charge in [0, 0.05) is 23.9 Å². The van der Waals surface area contributed by atoms with Gasteiger partial charge in [0.15, 0.2) is 5.16 Å². The van der Waals surface area contributed by atoms with Crippen molar-refractivity contribution in [2.45, 2.75) is 48.6 Å². The van der Waals surface area contributed by atoms with Crippen LogP contribution in [0.4, 0.5) is 0 Å². The van der Waals surface area contributed by atoms with Crippen molar-refractivity contribution in [3.05, 3.63) is 33.8 Å². The lowest BCUT2D eigenvalue weighted by Gasteiger charge is -2.08. The monoisotopic (exact) mass is 340 g/mol. The Bertz CT molecular complexity index is 680. The van der Waals surface area contributed by atoms with Crippen LogP contribution in [0.1, 0.15) is 49.2 Å². The minimum Gasteiger partial charge on any atom is -0.303 e. The quantitative estimate of drug-likeness (QED) is 0.752. The van der Waals surface area contributed by atoms with Crippen LogP contribution in [-0.4, -0.2) is 19.7 Å². The fraction of sp³-hybridized carbons (Fsp3) is 0.500. The lowest BCUT2D eigenvalue weighted by Crippen LogP contribution is -2.02. The number of nitrogens with zero attached hydrogens (tertiary/aromatic N) is 4. The van der Waals surface area contributed by atoms with Gasteiger partial charge < -0.3 is 4.57 Å². The molecule has 7 heteroatoms. The zero-order valence-corrected chi connectivity index (χ0v) is 13.6. The Kier molecular flexibility index (Phi) is 3.59. The van der Waals surface area contributed by atoms with E-state index in [-0.39, 0.29) is 0 Å². The first-order valence-corrected chi connectivity index (χ1v) is 8.84. The zero-order chi connectivity index (χ0) is 14.4. The van der Waals surface area contributed by atoms with Gasteiger partial charge in [-0.2, -0.15) is 0 Å². The van der Waals surface area contributed by atoms with E-state index in [1.165, 1.54) is 31.5 Å². The molecule has 2 aliphatic carbocycles. The van der Waals surface area contributed by atoms with Crippen LogP contribution in [0.3, 0.4) is 0 Å². The molecule has 2 heterocycles. The average molecular weight is 341 g/mol. The fourth-order valence-electron chi connectivity index (χ4n) is 2.38. The van der Waals surface area contributed by atoms with Gasteiger partial charge in [0.05, 0.1) is 15.7 Å². The second-order valence-corrected chi connectivity index (χ2v) is 7.29. The number of aromatic nitrogens is 4. The van der Waals surface area contributed by atoms with E-state index in [9.17, 15) is 0 Å². The first-order chi connectivity index (χ1) is 10.2. The summed E-state index contributed by atoms with van der Waals surface area (Å²) in [4.78, 5) is 4.30. The first-order valence-electron chi connectivity index (χ1n) is 7.10. The maximum absolute atomic E-state index is 6.19.